The van der Waals surface area contributed by atoms with Crippen LogP contribution in [0, 0.1) is 11.8 Å². The van der Waals surface area contributed by atoms with Crippen LogP contribution in [0.15, 0.2) is 29.2 Å². The van der Waals surface area contributed by atoms with Gasteiger partial charge in [-0.05, 0) is 56.3 Å². The van der Waals surface area contributed by atoms with Crippen LogP contribution in [0.2, 0.25) is 0 Å². The molecule has 21 heavy (non-hydrogen) atoms. The third kappa shape index (κ3) is 3.63. The van der Waals surface area contributed by atoms with E-state index in [2.05, 4.69) is 29.6 Å². The van der Waals surface area contributed by atoms with E-state index in [1.807, 2.05) is 18.8 Å². The van der Waals surface area contributed by atoms with Crippen LogP contribution < -0.4 is 5.32 Å². The minimum atomic E-state index is -2.78. The number of thioether (sulfide) groups is 1. The molecule has 0 bridgehead atoms. The van der Waals surface area contributed by atoms with Gasteiger partial charge in [0.15, 0.2) is 9.84 Å². The summed E-state index contributed by atoms with van der Waals surface area (Å²) in [6.07, 6.45) is 3.08. The Balaban J connectivity index is 1.64. The summed E-state index contributed by atoms with van der Waals surface area (Å²) in [4.78, 5) is 1.41. The second-order valence-electron chi connectivity index (χ2n) is 6.27. The number of hydrogen-bond donors (Lipinski definition) is 1. The summed E-state index contributed by atoms with van der Waals surface area (Å²) in [5.74, 6) is 1.59. The smallest absolute Gasteiger partial charge is 0.150 e. The zero-order chi connectivity index (χ0) is 14.9. The van der Waals surface area contributed by atoms with Gasteiger partial charge in [0.05, 0.1) is 11.5 Å². The molecule has 3 unspecified atom stereocenters. The summed E-state index contributed by atoms with van der Waals surface area (Å²) in [6.45, 7) is 0.924. The summed E-state index contributed by atoms with van der Waals surface area (Å²) in [7, 11) is -0.815. The second kappa shape index (κ2) is 6.31. The number of hydrogen-bond acceptors (Lipinski definition) is 4. The van der Waals surface area contributed by atoms with Gasteiger partial charge >= 0.3 is 0 Å². The fourth-order valence-electron chi connectivity index (χ4n) is 3.62. The lowest BCUT2D eigenvalue weighted by Crippen LogP contribution is -2.29. The van der Waals surface area contributed by atoms with E-state index in [-0.39, 0.29) is 0 Å². The monoisotopic (exact) mass is 325 g/mol. The van der Waals surface area contributed by atoms with Crippen molar-refractivity contribution in [2.24, 2.45) is 11.8 Å². The molecule has 2 aliphatic heterocycles. The van der Waals surface area contributed by atoms with E-state index in [9.17, 15) is 8.42 Å². The maximum absolute atomic E-state index is 11.7. The van der Waals surface area contributed by atoms with Gasteiger partial charge in [-0.1, -0.05) is 18.2 Å². The highest BCUT2D eigenvalue weighted by Gasteiger charge is 2.35. The molecule has 1 aromatic carbocycles. The minimum absolute atomic E-state index is 0.340. The van der Waals surface area contributed by atoms with Crippen LogP contribution >= 0.6 is 11.8 Å². The highest BCUT2D eigenvalue weighted by molar-refractivity contribution is 8.00. The third-order valence-corrected chi connectivity index (χ3v) is 7.82. The Hall–Kier alpha value is -0.520. The van der Waals surface area contributed by atoms with Crippen LogP contribution in [0.4, 0.5) is 0 Å². The van der Waals surface area contributed by atoms with Crippen LogP contribution in [0.25, 0.3) is 0 Å². The summed E-state index contributed by atoms with van der Waals surface area (Å²) < 4.78 is 23.5. The Labute approximate surface area is 131 Å². The first-order valence-corrected chi connectivity index (χ1v) is 10.4. The largest absolute Gasteiger partial charge is 0.319 e. The number of benzene rings is 1. The number of nitrogens with one attached hydrogen (secondary N) is 1. The molecule has 1 N–H and O–H groups in total. The van der Waals surface area contributed by atoms with Crippen LogP contribution in [-0.4, -0.2) is 38.8 Å². The fourth-order valence-corrected chi connectivity index (χ4v) is 6.97. The fraction of sp³-hybridized carbons (Fsp3) is 0.625. The lowest BCUT2D eigenvalue weighted by atomic mass is 9.86. The molecular weight excluding hydrogens is 302 g/mol. The van der Waals surface area contributed by atoms with E-state index in [0.717, 1.165) is 25.8 Å². The molecule has 1 saturated heterocycles. The van der Waals surface area contributed by atoms with Crippen molar-refractivity contribution in [2.45, 2.75) is 29.4 Å². The molecule has 3 rings (SSSR count). The first kappa shape index (κ1) is 15.4. The van der Waals surface area contributed by atoms with Gasteiger partial charge in [-0.25, -0.2) is 8.42 Å². The van der Waals surface area contributed by atoms with E-state index in [1.54, 1.807) is 0 Å². The van der Waals surface area contributed by atoms with E-state index in [1.165, 1.54) is 10.5 Å². The average molecular weight is 325 g/mol. The lowest BCUT2D eigenvalue weighted by molar-refractivity contribution is 0.330. The molecule has 0 aromatic heterocycles. The number of fused-ring (bicyclic) bond motifs is 1. The predicted octanol–water partition coefficient (Wildman–Crippen LogP) is 2.36. The lowest BCUT2D eigenvalue weighted by Gasteiger charge is -2.25. The van der Waals surface area contributed by atoms with Gasteiger partial charge in [0.25, 0.3) is 0 Å². The molecule has 2 heterocycles. The third-order valence-electron chi connectivity index (χ3n) is 4.68. The maximum Gasteiger partial charge on any atom is 0.150 e. The molecule has 116 valence electrons. The average Bonchev–Trinajstić information content (AvgIpc) is 3.00. The highest BCUT2D eigenvalue weighted by atomic mass is 32.2. The Morgan fingerprint density at radius 2 is 2.19 bits per heavy atom. The topological polar surface area (TPSA) is 46.2 Å². The van der Waals surface area contributed by atoms with E-state index in [0.29, 0.717) is 28.6 Å². The van der Waals surface area contributed by atoms with Crippen molar-refractivity contribution >= 4 is 21.6 Å². The van der Waals surface area contributed by atoms with E-state index < -0.39 is 9.84 Å². The van der Waals surface area contributed by atoms with Crippen molar-refractivity contribution in [3.05, 3.63) is 29.8 Å². The summed E-state index contributed by atoms with van der Waals surface area (Å²) >= 11 is 1.97. The minimum Gasteiger partial charge on any atom is -0.319 e. The summed E-state index contributed by atoms with van der Waals surface area (Å²) in [6, 6.07) is 8.63. The molecule has 3 nitrogen and oxygen atoms in total. The van der Waals surface area contributed by atoms with Gasteiger partial charge in [-0.2, -0.15) is 0 Å². The first-order valence-electron chi connectivity index (χ1n) is 7.67. The predicted molar refractivity (Wildman–Crippen MR) is 88.6 cm³/mol. The SMILES string of the molecule is CNCC(CC1Cc2ccccc2S1)C1CCS(=O)(=O)C1. The van der Waals surface area contributed by atoms with Crippen LogP contribution in [0.5, 0.6) is 0 Å². The summed E-state index contributed by atoms with van der Waals surface area (Å²) in [5.41, 5.74) is 1.45. The Morgan fingerprint density at radius 3 is 2.86 bits per heavy atom. The van der Waals surface area contributed by atoms with Crippen molar-refractivity contribution in [3.63, 3.8) is 0 Å². The molecule has 1 fully saturated rings. The van der Waals surface area contributed by atoms with Gasteiger partial charge in [-0.3, -0.25) is 0 Å². The molecule has 3 atom stereocenters. The van der Waals surface area contributed by atoms with Crippen LogP contribution in [-0.2, 0) is 16.3 Å². The van der Waals surface area contributed by atoms with Crippen molar-refractivity contribution < 1.29 is 8.42 Å². The van der Waals surface area contributed by atoms with E-state index >= 15 is 0 Å². The van der Waals surface area contributed by atoms with Crippen LogP contribution in [0.1, 0.15) is 18.4 Å². The molecule has 0 aliphatic carbocycles. The Kier molecular flexibility index (Phi) is 4.62. The number of rotatable bonds is 5. The zero-order valence-electron chi connectivity index (χ0n) is 12.4. The van der Waals surface area contributed by atoms with Gasteiger partial charge < -0.3 is 5.32 Å². The van der Waals surface area contributed by atoms with Gasteiger partial charge in [0, 0.05) is 10.1 Å². The van der Waals surface area contributed by atoms with Crippen molar-refractivity contribution in [3.8, 4) is 0 Å². The van der Waals surface area contributed by atoms with Crippen molar-refractivity contribution in [2.75, 3.05) is 25.1 Å². The normalized spacial score (nSPS) is 28.4. The van der Waals surface area contributed by atoms with Crippen LogP contribution in [0.3, 0.4) is 0 Å². The second-order valence-corrected chi connectivity index (χ2v) is 9.84. The van der Waals surface area contributed by atoms with Crippen molar-refractivity contribution in [1.82, 2.24) is 5.32 Å². The zero-order valence-corrected chi connectivity index (χ0v) is 14.1. The molecule has 1 aromatic rings. The van der Waals surface area contributed by atoms with Gasteiger partial charge in [0.1, 0.15) is 0 Å². The first-order chi connectivity index (χ1) is 10.1. The highest BCUT2D eigenvalue weighted by Crippen LogP contribution is 2.41. The molecular formula is C16H23NO2S2. The number of sulfone groups is 1. The molecule has 2 aliphatic rings. The Bertz CT molecular complexity index is 575. The molecule has 0 radical (unpaired) electrons. The molecule has 0 amide bonds. The molecule has 0 spiro atoms. The van der Waals surface area contributed by atoms with Crippen molar-refractivity contribution in [1.29, 1.82) is 0 Å². The molecule has 0 saturated carbocycles. The van der Waals surface area contributed by atoms with Gasteiger partial charge in [0.2, 0.25) is 0 Å². The van der Waals surface area contributed by atoms with Gasteiger partial charge in [-0.15, -0.1) is 11.8 Å². The maximum atomic E-state index is 11.7. The van der Waals surface area contributed by atoms with E-state index in [4.69, 9.17) is 0 Å². The quantitative estimate of drug-likeness (QED) is 0.903. The molecule has 5 heteroatoms. The summed E-state index contributed by atoms with van der Waals surface area (Å²) in [5, 5.41) is 3.86. The Morgan fingerprint density at radius 1 is 1.38 bits per heavy atom. The standard InChI is InChI=1S/C16H23NO2S2/c1-17-10-14(13-6-7-21(18,19)11-13)9-15-8-12-4-2-3-5-16(12)20-15/h2-5,13-15,17H,6-11H2,1H3.